The number of likely N-dealkylation sites (tertiary alicyclic amines) is 4. The maximum absolute atomic E-state index is 13.1. The summed E-state index contributed by atoms with van der Waals surface area (Å²) in [5, 5.41) is -0.413. The van der Waals surface area contributed by atoms with E-state index in [-0.39, 0.29) is 11.3 Å². The largest absolute Gasteiger partial charge is 0.295 e. The highest BCUT2D eigenvalue weighted by atomic mass is 32.2. The van der Waals surface area contributed by atoms with E-state index in [9.17, 15) is 8.42 Å². The molecule has 6 atom stereocenters. The lowest BCUT2D eigenvalue weighted by atomic mass is 9.92. The van der Waals surface area contributed by atoms with E-state index in [1.807, 2.05) is 37.3 Å². The Morgan fingerprint density at radius 3 is 1.92 bits per heavy atom. The van der Waals surface area contributed by atoms with Crippen LogP contribution >= 0.6 is 0 Å². The lowest BCUT2D eigenvalue weighted by Gasteiger charge is -2.45. The summed E-state index contributed by atoms with van der Waals surface area (Å²) >= 11 is 0. The van der Waals surface area contributed by atoms with E-state index in [1.165, 1.54) is 49.9 Å². The van der Waals surface area contributed by atoms with E-state index in [4.69, 9.17) is 0 Å². The SMILES string of the molecule is CC(CCC(C)(C)N1C[C@@H]2C[C@H]1CN2Cc1cccc(CC(C)S(=O)(=O)Cc2ccccc2)c1)N1C[C@@H]2C[C@H]1CN2Cc1ccccc1. The van der Waals surface area contributed by atoms with Crippen molar-refractivity contribution in [3.05, 3.63) is 107 Å². The smallest absolute Gasteiger partial charge is 0.157 e. The summed E-state index contributed by atoms with van der Waals surface area (Å²) in [5.41, 5.74) is 4.93. The third-order valence-corrected chi connectivity index (χ3v) is 14.3. The molecule has 0 amide bonds. The molecule has 48 heavy (non-hydrogen) atoms. The second kappa shape index (κ2) is 14.0. The van der Waals surface area contributed by atoms with Crippen molar-refractivity contribution in [3.8, 4) is 0 Å². The van der Waals surface area contributed by atoms with Gasteiger partial charge in [-0.05, 0) is 82.1 Å². The second-order valence-electron chi connectivity index (χ2n) is 16.1. The van der Waals surface area contributed by atoms with E-state index in [0.29, 0.717) is 36.6 Å². The van der Waals surface area contributed by atoms with E-state index >= 15 is 0 Å². The molecule has 4 aliphatic rings. The molecule has 4 saturated heterocycles. The van der Waals surface area contributed by atoms with Crippen LogP contribution in [-0.4, -0.2) is 95.2 Å². The Balaban J connectivity index is 0.874. The molecule has 4 heterocycles. The van der Waals surface area contributed by atoms with Crippen LogP contribution in [0.5, 0.6) is 0 Å². The van der Waals surface area contributed by atoms with Gasteiger partial charge in [0.2, 0.25) is 0 Å². The predicted molar refractivity (Wildman–Crippen MR) is 197 cm³/mol. The molecule has 4 aliphatic heterocycles. The number of nitrogens with zero attached hydrogens (tertiary/aromatic N) is 4. The Bertz CT molecular complexity index is 1630. The first-order chi connectivity index (χ1) is 23.0. The van der Waals surface area contributed by atoms with Crippen LogP contribution < -0.4 is 0 Å². The van der Waals surface area contributed by atoms with Gasteiger partial charge in [0.25, 0.3) is 0 Å². The van der Waals surface area contributed by atoms with Gasteiger partial charge in [-0.15, -0.1) is 0 Å². The standard InChI is InChI=1S/C41H56N4O2S/c1-31(44-28-37-22-39(44)26-42(37)24-33-12-7-5-8-13-33)18-19-41(3,4)45-29-38-23-40(45)27-43(38)25-36-17-11-16-35(21-36)20-32(2)48(46,47)30-34-14-9-6-10-15-34/h5-17,21,31-32,37-40H,18-20,22-30H2,1-4H3/t31?,32?,37-,38-,39-,40-/m0/s1. The Hall–Kier alpha value is -2.55. The normalized spacial score (nSPS) is 26.4. The molecule has 0 N–H and O–H groups in total. The first-order valence-corrected chi connectivity index (χ1v) is 20.1. The summed E-state index contributed by atoms with van der Waals surface area (Å²) in [4.78, 5) is 11.0. The molecular formula is C41H56N4O2S. The number of rotatable bonds is 14. The van der Waals surface area contributed by atoms with Crippen LogP contribution in [0.4, 0.5) is 0 Å². The second-order valence-corrected chi connectivity index (χ2v) is 18.5. The molecule has 0 radical (unpaired) electrons. The van der Waals surface area contributed by atoms with Gasteiger partial charge < -0.3 is 0 Å². The Morgan fingerprint density at radius 1 is 0.688 bits per heavy atom. The van der Waals surface area contributed by atoms with Crippen molar-refractivity contribution in [1.82, 2.24) is 19.6 Å². The van der Waals surface area contributed by atoms with Crippen LogP contribution in [0.3, 0.4) is 0 Å². The maximum atomic E-state index is 13.1. The molecular weight excluding hydrogens is 613 g/mol. The van der Waals surface area contributed by atoms with Gasteiger partial charge in [0.15, 0.2) is 9.84 Å². The fourth-order valence-electron chi connectivity index (χ4n) is 9.38. The average molecular weight is 669 g/mol. The van der Waals surface area contributed by atoms with Crippen molar-refractivity contribution < 1.29 is 8.42 Å². The van der Waals surface area contributed by atoms with Gasteiger partial charge in [0, 0.05) is 75.0 Å². The van der Waals surface area contributed by atoms with Crippen molar-refractivity contribution >= 4 is 9.84 Å². The fraction of sp³-hybridized carbons (Fsp3) is 0.561. The van der Waals surface area contributed by atoms with Crippen LogP contribution in [0.1, 0.15) is 75.6 Å². The number of hydrogen-bond donors (Lipinski definition) is 0. The van der Waals surface area contributed by atoms with Crippen LogP contribution in [0.2, 0.25) is 0 Å². The topological polar surface area (TPSA) is 47.1 Å². The third kappa shape index (κ3) is 7.46. The minimum Gasteiger partial charge on any atom is -0.295 e. The number of benzene rings is 3. The third-order valence-electron chi connectivity index (χ3n) is 12.2. The van der Waals surface area contributed by atoms with Crippen LogP contribution in [0.25, 0.3) is 0 Å². The molecule has 6 nitrogen and oxygen atoms in total. The van der Waals surface area contributed by atoms with Gasteiger partial charge in [-0.25, -0.2) is 8.42 Å². The zero-order valence-corrected chi connectivity index (χ0v) is 30.4. The van der Waals surface area contributed by atoms with Crippen LogP contribution in [0, 0.1) is 0 Å². The molecule has 4 fully saturated rings. The highest BCUT2D eigenvalue weighted by molar-refractivity contribution is 7.91. The average Bonchev–Trinajstić information content (AvgIpc) is 3.86. The van der Waals surface area contributed by atoms with E-state index in [1.54, 1.807) is 0 Å². The molecule has 0 aliphatic carbocycles. The molecule has 7 heteroatoms. The lowest BCUT2D eigenvalue weighted by molar-refractivity contribution is 0.0294. The van der Waals surface area contributed by atoms with Crippen LogP contribution in [0.15, 0.2) is 84.9 Å². The van der Waals surface area contributed by atoms with Crippen molar-refractivity contribution in [1.29, 1.82) is 0 Å². The molecule has 4 bridgehead atoms. The predicted octanol–water partition coefficient (Wildman–Crippen LogP) is 6.40. The summed E-state index contributed by atoms with van der Waals surface area (Å²) in [6.45, 7) is 16.1. The number of hydrogen-bond acceptors (Lipinski definition) is 6. The van der Waals surface area contributed by atoms with Crippen molar-refractivity contribution in [2.75, 3.05) is 26.2 Å². The minimum atomic E-state index is -3.23. The molecule has 0 spiro atoms. The first kappa shape index (κ1) is 33.9. The van der Waals surface area contributed by atoms with Gasteiger partial charge in [-0.2, -0.15) is 0 Å². The molecule has 3 aromatic carbocycles. The highest BCUT2D eigenvalue weighted by Gasteiger charge is 2.49. The number of fused-ring (bicyclic) bond motifs is 4. The van der Waals surface area contributed by atoms with Crippen LogP contribution in [-0.2, 0) is 35.1 Å². The lowest BCUT2D eigenvalue weighted by Crippen LogP contribution is -2.55. The van der Waals surface area contributed by atoms with E-state index < -0.39 is 15.1 Å². The molecule has 7 rings (SSSR count). The van der Waals surface area contributed by atoms with Crippen molar-refractivity contribution in [2.45, 2.75) is 120 Å². The van der Waals surface area contributed by atoms with Gasteiger partial charge in [0.05, 0.1) is 11.0 Å². The quantitative estimate of drug-likeness (QED) is 0.198. The summed E-state index contributed by atoms with van der Waals surface area (Å²) in [6, 6.07) is 32.5. The summed E-state index contributed by atoms with van der Waals surface area (Å²) in [6.07, 6.45) is 5.66. The first-order valence-electron chi connectivity index (χ1n) is 18.4. The summed E-state index contributed by atoms with van der Waals surface area (Å²) in [5.74, 6) is 0.102. The minimum absolute atomic E-state index is 0.102. The Morgan fingerprint density at radius 2 is 1.27 bits per heavy atom. The zero-order valence-electron chi connectivity index (χ0n) is 29.5. The van der Waals surface area contributed by atoms with Gasteiger partial charge >= 0.3 is 0 Å². The van der Waals surface area contributed by atoms with Crippen molar-refractivity contribution in [2.24, 2.45) is 0 Å². The highest BCUT2D eigenvalue weighted by Crippen LogP contribution is 2.40. The fourth-order valence-corrected chi connectivity index (χ4v) is 10.8. The van der Waals surface area contributed by atoms with E-state index in [2.05, 4.69) is 95.0 Å². The Kier molecular flexibility index (Phi) is 9.89. The maximum Gasteiger partial charge on any atom is 0.157 e. The van der Waals surface area contributed by atoms with E-state index in [0.717, 1.165) is 37.3 Å². The number of sulfone groups is 1. The Labute approximate surface area is 290 Å². The molecule has 258 valence electrons. The molecule has 3 aromatic rings. The molecule has 0 aromatic heterocycles. The van der Waals surface area contributed by atoms with Gasteiger partial charge in [0.1, 0.15) is 0 Å². The van der Waals surface area contributed by atoms with Gasteiger partial charge in [-0.1, -0.05) is 84.9 Å². The summed E-state index contributed by atoms with van der Waals surface area (Å²) < 4.78 is 26.2. The van der Waals surface area contributed by atoms with Crippen molar-refractivity contribution in [3.63, 3.8) is 0 Å². The zero-order chi connectivity index (χ0) is 33.5. The monoisotopic (exact) mass is 668 g/mol. The molecule has 0 saturated carbocycles. The molecule has 2 unspecified atom stereocenters. The summed E-state index contributed by atoms with van der Waals surface area (Å²) in [7, 11) is -3.23. The number of piperazine rings is 2. The van der Waals surface area contributed by atoms with Gasteiger partial charge in [-0.3, -0.25) is 19.6 Å².